The number of rotatable bonds is 4. The van der Waals surface area contributed by atoms with Crippen molar-refractivity contribution in [2.75, 3.05) is 0 Å². The molecule has 0 atom stereocenters. The van der Waals surface area contributed by atoms with Crippen LogP contribution in [0.4, 0.5) is 0 Å². The third kappa shape index (κ3) is 2.62. The number of hydrogen-bond donors (Lipinski definition) is 2. The Morgan fingerprint density at radius 1 is 1.37 bits per heavy atom. The van der Waals surface area contributed by atoms with Gasteiger partial charge in [-0.2, -0.15) is 5.10 Å². The molecule has 3 N–H and O–H groups in total. The van der Waals surface area contributed by atoms with Gasteiger partial charge in [-0.15, -0.1) is 0 Å². The maximum atomic E-state index is 11.1. The summed E-state index contributed by atoms with van der Waals surface area (Å²) in [5, 5.41) is 13.0. The van der Waals surface area contributed by atoms with Gasteiger partial charge < -0.3 is 10.8 Å². The van der Waals surface area contributed by atoms with Gasteiger partial charge in [-0.25, -0.2) is 4.79 Å². The second-order valence-electron chi connectivity index (χ2n) is 4.18. The van der Waals surface area contributed by atoms with Crippen molar-refractivity contribution in [2.45, 2.75) is 13.5 Å². The summed E-state index contributed by atoms with van der Waals surface area (Å²) < 4.78 is 1.40. The smallest absolute Gasteiger partial charge is 0.354 e. The van der Waals surface area contributed by atoms with Gasteiger partial charge in [0, 0.05) is 11.8 Å². The van der Waals surface area contributed by atoms with Crippen LogP contribution in [0.5, 0.6) is 0 Å². The summed E-state index contributed by atoms with van der Waals surface area (Å²) in [6.45, 7) is 2.17. The van der Waals surface area contributed by atoms with Crippen molar-refractivity contribution >= 4 is 11.9 Å². The Morgan fingerprint density at radius 3 is 2.68 bits per heavy atom. The predicted molar refractivity (Wildman–Crippen MR) is 68.0 cm³/mol. The van der Waals surface area contributed by atoms with Crippen molar-refractivity contribution in [1.29, 1.82) is 0 Å². The zero-order chi connectivity index (χ0) is 14.0. The molecule has 0 saturated heterocycles. The van der Waals surface area contributed by atoms with Crippen LogP contribution < -0.4 is 5.73 Å². The Balaban J connectivity index is 2.31. The Kier molecular flexibility index (Phi) is 3.33. The van der Waals surface area contributed by atoms with E-state index in [4.69, 9.17) is 10.8 Å². The summed E-state index contributed by atoms with van der Waals surface area (Å²) in [6, 6.07) is 6.49. The number of nitrogens with two attached hydrogens (primary N) is 1. The minimum Gasteiger partial charge on any atom is -0.477 e. The molecule has 98 valence electrons. The van der Waals surface area contributed by atoms with Crippen LogP contribution in [-0.4, -0.2) is 26.8 Å². The van der Waals surface area contributed by atoms with E-state index in [0.717, 1.165) is 11.1 Å². The normalized spacial score (nSPS) is 10.4. The molecular weight excluding hydrogens is 246 g/mol. The highest BCUT2D eigenvalue weighted by molar-refractivity contribution is 5.93. The van der Waals surface area contributed by atoms with Crippen LogP contribution in [0.1, 0.15) is 32.0 Å². The standard InChI is InChI=1S/C13H13N3O3/c1-8-6-9(12(14)17)2-3-10(8)7-16-11(13(18)19)4-5-15-16/h2-6H,7H2,1H3,(H2,14,17)(H,18,19). The molecule has 0 unspecified atom stereocenters. The SMILES string of the molecule is Cc1cc(C(N)=O)ccc1Cn1nccc1C(=O)O. The highest BCUT2D eigenvalue weighted by Gasteiger charge is 2.11. The number of carbonyl (C=O) groups excluding carboxylic acids is 1. The Bertz CT molecular complexity index is 646. The van der Waals surface area contributed by atoms with E-state index in [-0.39, 0.29) is 5.69 Å². The molecule has 19 heavy (non-hydrogen) atoms. The third-order valence-corrected chi connectivity index (χ3v) is 2.88. The van der Waals surface area contributed by atoms with E-state index in [1.165, 1.54) is 16.9 Å². The molecule has 6 nitrogen and oxygen atoms in total. The molecule has 2 aromatic rings. The molecule has 1 aromatic heterocycles. The van der Waals surface area contributed by atoms with Crippen LogP contribution >= 0.6 is 0 Å². The van der Waals surface area contributed by atoms with E-state index in [1.54, 1.807) is 18.2 Å². The van der Waals surface area contributed by atoms with Gasteiger partial charge in [0.1, 0.15) is 5.69 Å². The highest BCUT2D eigenvalue weighted by Crippen LogP contribution is 2.13. The number of carboxylic acids is 1. The maximum Gasteiger partial charge on any atom is 0.354 e. The monoisotopic (exact) mass is 259 g/mol. The topological polar surface area (TPSA) is 98.2 Å². The fraction of sp³-hybridized carbons (Fsp3) is 0.154. The molecule has 2 rings (SSSR count). The number of aromatic nitrogens is 2. The summed E-state index contributed by atoms with van der Waals surface area (Å²) in [4.78, 5) is 22.0. The molecule has 0 bridgehead atoms. The number of aryl methyl sites for hydroxylation is 1. The molecule has 0 aliphatic carbocycles. The van der Waals surface area contributed by atoms with Crippen LogP contribution in [0, 0.1) is 6.92 Å². The van der Waals surface area contributed by atoms with Crippen molar-refractivity contribution in [2.24, 2.45) is 5.73 Å². The summed E-state index contributed by atoms with van der Waals surface area (Å²) in [7, 11) is 0. The van der Waals surface area contributed by atoms with Crippen LogP contribution in [0.25, 0.3) is 0 Å². The van der Waals surface area contributed by atoms with Crippen molar-refractivity contribution in [3.05, 3.63) is 52.8 Å². The maximum absolute atomic E-state index is 11.1. The molecule has 1 heterocycles. The van der Waals surface area contributed by atoms with Gasteiger partial charge in [-0.05, 0) is 36.2 Å². The van der Waals surface area contributed by atoms with Crippen molar-refractivity contribution in [3.8, 4) is 0 Å². The molecule has 0 saturated carbocycles. The Labute approximate surface area is 109 Å². The second kappa shape index (κ2) is 4.93. The number of primary amides is 1. The molecule has 0 fully saturated rings. The van der Waals surface area contributed by atoms with Crippen molar-refractivity contribution in [1.82, 2.24) is 9.78 Å². The van der Waals surface area contributed by atoms with Gasteiger partial charge in [0.25, 0.3) is 0 Å². The first-order chi connectivity index (χ1) is 8.99. The molecule has 0 spiro atoms. The first kappa shape index (κ1) is 12.8. The average molecular weight is 259 g/mol. The van der Waals surface area contributed by atoms with Gasteiger partial charge in [-0.3, -0.25) is 9.48 Å². The Hall–Kier alpha value is -2.63. The molecule has 0 aliphatic rings. The quantitative estimate of drug-likeness (QED) is 0.856. The predicted octanol–water partition coefficient (Wildman–Crippen LogP) is 1.04. The van der Waals surface area contributed by atoms with Crippen LogP contribution in [0.2, 0.25) is 0 Å². The van der Waals surface area contributed by atoms with E-state index in [0.29, 0.717) is 12.1 Å². The Morgan fingerprint density at radius 2 is 2.11 bits per heavy atom. The van der Waals surface area contributed by atoms with Crippen molar-refractivity contribution < 1.29 is 14.7 Å². The van der Waals surface area contributed by atoms with E-state index < -0.39 is 11.9 Å². The zero-order valence-electron chi connectivity index (χ0n) is 10.3. The lowest BCUT2D eigenvalue weighted by molar-refractivity contribution is 0.0683. The first-order valence-corrected chi connectivity index (χ1v) is 5.63. The largest absolute Gasteiger partial charge is 0.477 e. The van der Waals surface area contributed by atoms with Gasteiger partial charge in [-0.1, -0.05) is 6.07 Å². The van der Waals surface area contributed by atoms with Crippen LogP contribution in [0.15, 0.2) is 30.5 Å². The van der Waals surface area contributed by atoms with Crippen LogP contribution in [0.3, 0.4) is 0 Å². The fourth-order valence-electron chi connectivity index (χ4n) is 1.83. The highest BCUT2D eigenvalue weighted by atomic mass is 16.4. The number of carboxylic acid groups (broad SMARTS) is 1. The van der Waals surface area contributed by atoms with E-state index in [9.17, 15) is 9.59 Å². The van der Waals surface area contributed by atoms with E-state index in [1.807, 2.05) is 6.92 Å². The van der Waals surface area contributed by atoms with Gasteiger partial charge in [0.05, 0.1) is 6.54 Å². The average Bonchev–Trinajstić information content (AvgIpc) is 2.79. The van der Waals surface area contributed by atoms with Crippen molar-refractivity contribution in [3.63, 3.8) is 0 Å². The number of benzene rings is 1. The summed E-state index contributed by atoms with van der Waals surface area (Å²) >= 11 is 0. The molecule has 1 aromatic carbocycles. The van der Waals surface area contributed by atoms with Gasteiger partial charge in [0.2, 0.25) is 5.91 Å². The van der Waals surface area contributed by atoms with E-state index >= 15 is 0 Å². The third-order valence-electron chi connectivity index (χ3n) is 2.88. The minimum absolute atomic E-state index is 0.123. The molecule has 0 aliphatic heterocycles. The zero-order valence-corrected chi connectivity index (χ0v) is 10.3. The number of amides is 1. The number of aromatic carboxylic acids is 1. The lowest BCUT2D eigenvalue weighted by Gasteiger charge is -2.09. The minimum atomic E-state index is -1.02. The lowest BCUT2D eigenvalue weighted by atomic mass is 10.0. The molecule has 1 amide bonds. The number of nitrogens with zero attached hydrogens (tertiary/aromatic N) is 2. The summed E-state index contributed by atoms with van der Waals surface area (Å²) in [5.74, 6) is -1.51. The summed E-state index contributed by atoms with van der Waals surface area (Å²) in [6.07, 6.45) is 1.44. The number of carbonyl (C=O) groups is 2. The lowest BCUT2D eigenvalue weighted by Crippen LogP contribution is -2.13. The van der Waals surface area contributed by atoms with Gasteiger partial charge in [0.15, 0.2) is 0 Å². The first-order valence-electron chi connectivity index (χ1n) is 5.63. The summed E-state index contributed by atoms with van der Waals surface area (Å²) in [5.41, 5.74) is 7.50. The van der Waals surface area contributed by atoms with Crippen LogP contribution in [-0.2, 0) is 6.54 Å². The second-order valence-corrected chi connectivity index (χ2v) is 4.18. The number of hydrogen-bond acceptors (Lipinski definition) is 3. The molecule has 0 radical (unpaired) electrons. The fourth-order valence-corrected chi connectivity index (χ4v) is 1.83. The van der Waals surface area contributed by atoms with Gasteiger partial charge >= 0.3 is 5.97 Å². The van der Waals surface area contributed by atoms with E-state index in [2.05, 4.69) is 5.10 Å². The molecule has 6 heteroatoms. The molecular formula is C13H13N3O3.